The molecule has 0 fully saturated rings. The molecule has 0 radical (unpaired) electrons. The molecule has 4 N–H and O–H groups in total. The minimum Gasteiger partial charge on any atom is -0.385 e. The van der Waals surface area contributed by atoms with Gasteiger partial charge in [0.2, 0.25) is 0 Å². The summed E-state index contributed by atoms with van der Waals surface area (Å²) in [5.74, 6) is 0.359. The van der Waals surface area contributed by atoms with Gasteiger partial charge >= 0.3 is 0 Å². The topological polar surface area (TPSA) is 52.0 Å². The second kappa shape index (κ2) is 8.08. The molecule has 0 saturated heterocycles. The fourth-order valence-corrected chi connectivity index (χ4v) is 2.51. The number of hydrogen-bond acceptors (Lipinski definition) is 2. The number of unbranched alkanes of at least 4 members (excludes halogenated alkanes) is 2. The molecule has 0 saturated carbocycles. The van der Waals surface area contributed by atoms with Gasteiger partial charge in [-0.2, -0.15) is 0 Å². The molecule has 114 valence electrons. The molecule has 2 nitrogen and oxygen atoms in total. The normalized spacial score (nSPS) is 11.2. The van der Waals surface area contributed by atoms with Crippen LogP contribution in [0.3, 0.4) is 0 Å². The van der Waals surface area contributed by atoms with Crippen LogP contribution in [-0.2, 0) is 0 Å². The van der Waals surface area contributed by atoms with Crippen LogP contribution in [0, 0.1) is 0 Å². The minimum atomic E-state index is 0.359. The van der Waals surface area contributed by atoms with Gasteiger partial charge in [-0.05, 0) is 23.1 Å². The van der Waals surface area contributed by atoms with Gasteiger partial charge in [0.05, 0.1) is 0 Å². The molecule has 0 amide bonds. The maximum Gasteiger partial charge on any atom is 0.102 e. The molecule has 0 unspecified atom stereocenters. The van der Waals surface area contributed by atoms with Gasteiger partial charge < -0.3 is 11.5 Å². The minimum absolute atomic E-state index is 0.359. The number of benzene rings is 2. The van der Waals surface area contributed by atoms with Crippen molar-refractivity contribution >= 4 is 11.1 Å². The Morgan fingerprint density at radius 2 is 1.41 bits per heavy atom. The van der Waals surface area contributed by atoms with E-state index in [1.165, 1.54) is 6.42 Å². The molecule has 2 aromatic rings. The van der Waals surface area contributed by atoms with Crippen LogP contribution in [0.2, 0.25) is 0 Å². The van der Waals surface area contributed by atoms with Crippen LogP contribution in [-0.4, -0.2) is 0 Å². The van der Waals surface area contributed by atoms with E-state index in [9.17, 15) is 0 Å². The summed E-state index contributed by atoms with van der Waals surface area (Å²) >= 11 is 0. The summed E-state index contributed by atoms with van der Waals surface area (Å²) in [7, 11) is 0. The van der Waals surface area contributed by atoms with Gasteiger partial charge in [0.15, 0.2) is 0 Å². The van der Waals surface area contributed by atoms with E-state index < -0.39 is 0 Å². The summed E-state index contributed by atoms with van der Waals surface area (Å²) < 4.78 is 0. The lowest BCUT2D eigenvalue weighted by atomic mass is 9.91. The van der Waals surface area contributed by atoms with Crippen LogP contribution in [0.5, 0.6) is 0 Å². The maximum atomic E-state index is 6.03. The molecule has 2 rings (SSSR count). The standard InChI is InChI=1S/C20H24N2/c1-2-3-6-15-18(16-11-7-4-8-12-16)19(20(21)22)17-13-9-5-10-14-17/h4-5,7-15H,2-3,6,21-22H2,1H3. The Kier molecular flexibility index (Phi) is 5.84. The van der Waals surface area contributed by atoms with Gasteiger partial charge in [-0.1, -0.05) is 86.5 Å². The van der Waals surface area contributed by atoms with E-state index in [0.717, 1.165) is 35.1 Å². The molecule has 0 atom stereocenters. The van der Waals surface area contributed by atoms with Crippen molar-refractivity contribution in [3.8, 4) is 0 Å². The largest absolute Gasteiger partial charge is 0.385 e. The van der Waals surface area contributed by atoms with Crippen LogP contribution < -0.4 is 11.5 Å². The summed E-state index contributed by atoms with van der Waals surface area (Å²) in [4.78, 5) is 0. The average molecular weight is 292 g/mol. The summed E-state index contributed by atoms with van der Waals surface area (Å²) in [6.07, 6.45) is 5.59. The summed E-state index contributed by atoms with van der Waals surface area (Å²) in [5, 5.41) is 0. The van der Waals surface area contributed by atoms with E-state index in [2.05, 4.69) is 25.1 Å². The first-order chi connectivity index (χ1) is 10.7. The van der Waals surface area contributed by atoms with Gasteiger partial charge in [0.25, 0.3) is 0 Å². The van der Waals surface area contributed by atoms with E-state index in [4.69, 9.17) is 11.5 Å². The Morgan fingerprint density at radius 1 is 0.864 bits per heavy atom. The zero-order valence-electron chi connectivity index (χ0n) is 13.1. The van der Waals surface area contributed by atoms with E-state index >= 15 is 0 Å². The lowest BCUT2D eigenvalue weighted by molar-refractivity contribution is 0.816. The van der Waals surface area contributed by atoms with E-state index in [1.54, 1.807) is 0 Å². The van der Waals surface area contributed by atoms with Crippen molar-refractivity contribution < 1.29 is 0 Å². The van der Waals surface area contributed by atoms with Crippen molar-refractivity contribution in [2.45, 2.75) is 26.2 Å². The zero-order chi connectivity index (χ0) is 15.8. The molecule has 0 aromatic heterocycles. The van der Waals surface area contributed by atoms with Gasteiger partial charge in [-0.25, -0.2) is 0 Å². The second-order valence-corrected chi connectivity index (χ2v) is 5.32. The van der Waals surface area contributed by atoms with Crippen LogP contribution in [0.15, 0.2) is 72.6 Å². The van der Waals surface area contributed by atoms with Crippen molar-refractivity contribution in [3.63, 3.8) is 0 Å². The predicted octanol–water partition coefficient (Wildman–Crippen LogP) is 4.55. The van der Waals surface area contributed by atoms with Gasteiger partial charge in [-0.3, -0.25) is 0 Å². The third-order valence-electron chi connectivity index (χ3n) is 3.61. The molecule has 22 heavy (non-hydrogen) atoms. The average Bonchev–Trinajstić information content (AvgIpc) is 2.55. The molecular formula is C20H24N2. The van der Waals surface area contributed by atoms with Gasteiger partial charge in [0.1, 0.15) is 5.82 Å². The van der Waals surface area contributed by atoms with Crippen molar-refractivity contribution in [2.75, 3.05) is 0 Å². The molecule has 0 aliphatic rings. The van der Waals surface area contributed by atoms with Crippen LogP contribution in [0.4, 0.5) is 0 Å². The molecule has 0 bridgehead atoms. The maximum absolute atomic E-state index is 6.03. The first-order valence-corrected chi connectivity index (χ1v) is 7.80. The van der Waals surface area contributed by atoms with Crippen molar-refractivity contribution in [1.29, 1.82) is 0 Å². The van der Waals surface area contributed by atoms with E-state index in [1.807, 2.05) is 48.5 Å². The number of hydrogen-bond donors (Lipinski definition) is 2. The van der Waals surface area contributed by atoms with Crippen LogP contribution >= 0.6 is 0 Å². The molecule has 2 heteroatoms. The predicted molar refractivity (Wildman–Crippen MR) is 95.7 cm³/mol. The zero-order valence-corrected chi connectivity index (χ0v) is 13.1. The van der Waals surface area contributed by atoms with Crippen molar-refractivity contribution in [1.82, 2.24) is 0 Å². The first kappa shape index (κ1) is 15.9. The summed E-state index contributed by atoms with van der Waals surface area (Å²) in [5.41, 5.74) is 16.3. The molecule has 0 aliphatic heterocycles. The highest BCUT2D eigenvalue weighted by Gasteiger charge is 2.12. The number of nitrogens with two attached hydrogens (primary N) is 2. The monoisotopic (exact) mass is 292 g/mol. The highest BCUT2D eigenvalue weighted by atomic mass is 14.8. The van der Waals surface area contributed by atoms with E-state index in [-0.39, 0.29) is 0 Å². The van der Waals surface area contributed by atoms with Crippen molar-refractivity contribution in [3.05, 3.63) is 83.7 Å². The van der Waals surface area contributed by atoms with Crippen LogP contribution in [0.1, 0.15) is 37.3 Å². The van der Waals surface area contributed by atoms with Crippen molar-refractivity contribution in [2.24, 2.45) is 11.5 Å². The molecule has 0 aliphatic carbocycles. The number of allylic oxidation sites excluding steroid dienone is 3. The summed E-state index contributed by atoms with van der Waals surface area (Å²) in [6.45, 7) is 2.20. The molecule has 0 heterocycles. The smallest absolute Gasteiger partial charge is 0.102 e. The second-order valence-electron chi connectivity index (χ2n) is 5.32. The van der Waals surface area contributed by atoms with E-state index in [0.29, 0.717) is 5.82 Å². The molecule has 2 aromatic carbocycles. The molecule has 0 spiro atoms. The lowest BCUT2D eigenvalue weighted by Crippen LogP contribution is -2.12. The SMILES string of the molecule is CCCCC=C(C(=C(N)N)c1ccccc1)c1ccccc1. The first-order valence-electron chi connectivity index (χ1n) is 7.80. The Morgan fingerprint density at radius 3 is 1.91 bits per heavy atom. The lowest BCUT2D eigenvalue weighted by Gasteiger charge is -2.15. The Balaban J connectivity index is 2.51. The fourth-order valence-electron chi connectivity index (χ4n) is 2.51. The summed E-state index contributed by atoms with van der Waals surface area (Å²) in [6, 6.07) is 20.4. The highest BCUT2D eigenvalue weighted by molar-refractivity contribution is 6.05. The highest BCUT2D eigenvalue weighted by Crippen LogP contribution is 2.32. The van der Waals surface area contributed by atoms with Gasteiger partial charge in [0, 0.05) is 5.57 Å². The third kappa shape index (κ3) is 4.01. The molecular weight excluding hydrogens is 268 g/mol. The fraction of sp³-hybridized carbons (Fsp3) is 0.200. The Hall–Kier alpha value is -2.48. The third-order valence-corrected chi connectivity index (χ3v) is 3.61. The number of rotatable bonds is 6. The van der Waals surface area contributed by atoms with Crippen LogP contribution in [0.25, 0.3) is 11.1 Å². The Labute approximate surface area is 133 Å². The quantitative estimate of drug-likeness (QED) is 0.606. The Bertz CT molecular complexity index is 636. The van der Waals surface area contributed by atoms with Gasteiger partial charge in [-0.15, -0.1) is 0 Å².